The molecule has 0 fully saturated rings. The van der Waals surface area contributed by atoms with Gasteiger partial charge in [-0.2, -0.15) is 10.2 Å². The molecule has 0 atom stereocenters. The van der Waals surface area contributed by atoms with Gasteiger partial charge in [0.25, 0.3) is 0 Å². The van der Waals surface area contributed by atoms with Crippen LogP contribution in [0.4, 0.5) is 5.69 Å². The third-order valence-corrected chi connectivity index (χ3v) is 1.95. The van der Waals surface area contributed by atoms with Gasteiger partial charge in [-0.25, -0.2) is 0 Å². The second-order valence-electron chi connectivity index (χ2n) is 2.86. The summed E-state index contributed by atoms with van der Waals surface area (Å²) in [5.74, 6) is 5.32. The largest absolute Gasteiger partial charge is 0.324 e. The quantitative estimate of drug-likeness (QED) is 0.550. The van der Waals surface area contributed by atoms with Crippen LogP contribution in [0.25, 0.3) is 11.1 Å². The number of nitrogens with zero attached hydrogens (tertiary/aromatic N) is 2. The minimum absolute atomic E-state index is 0.874. The molecule has 1 aromatic heterocycles. The predicted octanol–water partition coefficient (Wildman–Crippen LogP) is 1.43. The van der Waals surface area contributed by atoms with Crippen molar-refractivity contribution in [2.24, 2.45) is 5.84 Å². The van der Waals surface area contributed by atoms with Crippen LogP contribution in [-0.4, -0.2) is 10.2 Å². The van der Waals surface area contributed by atoms with Crippen LogP contribution >= 0.6 is 0 Å². The number of anilines is 1. The zero-order chi connectivity index (χ0) is 9.80. The molecule has 4 heteroatoms. The average molecular weight is 186 g/mol. The number of rotatable bonds is 2. The van der Waals surface area contributed by atoms with Gasteiger partial charge >= 0.3 is 0 Å². The van der Waals surface area contributed by atoms with E-state index in [0.717, 1.165) is 16.8 Å². The van der Waals surface area contributed by atoms with Crippen LogP contribution in [0.5, 0.6) is 0 Å². The molecule has 2 aromatic rings. The van der Waals surface area contributed by atoms with Crippen LogP contribution in [-0.2, 0) is 0 Å². The number of nitrogens with one attached hydrogen (secondary N) is 1. The van der Waals surface area contributed by atoms with E-state index in [2.05, 4.69) is 15.6 Å². The first-order valence-electron chi connectivity index (χ1n) is 4.24. The van der Waals surface area contributed by atoms with E-state index in [1.807, 2.05) is 30.3 Å². The van der Waals surface area contributed by atoms with Gasteiger partial charge in [0.05, 0.1) is 12.4 Å². The number of nitrogens with two attached hydrogens (primary N) is 1. The Morgan fingerprint density at radius 1 is 1.07 bits per heavy atom. The van der Waals surface area contributed by atoms with Gasteiger partial charge in [-0.05, 0) is 23.8 Å². The molecule has 1 heterocycles. The van der Waals surface area contributed by atoms with E-state index in [-0.39, 0.29) is 0 Å². The van der Waals surface area contributed by atoms with Crippen molar-refractivity contribution in [3.63, 3.8) is 0 Å². The summed E-state index contributed by atoms with van der Waals surface area (Å²) in [5.41, 5.74) is 5.57. The second-order valence-corrected chi connectivity index (χ2v) is 2.86. The molecule has 0 spiro atoms. The van der Waals surface area contributed by atoms with E-state index in [9.17, 15) is 0 Å². The highest BCUT2D eigenvalue weighted by molar-refractivity contribution is 5.66. The summed E-state index contributed by atoms with van der Waals surface area (Å²) in [6.45, 7) is 0. The van der Waals surface area contributed by atoms with Crippen molar-refractivity contribution in [1.29, 1.82) is 0 Å². The Kier molecular flexibility index (Phi) is 2.38. The molecule has 3 N–H and O–H groups in total. The average Bonchev–Trinajstić information content (AvgIpc) is 2.30. The lowest BCUT2D eigenvalue weighted by molar-refractivity contribution is 1.03. The summed E-state index contributed by atoms with van der Waals surface area (Å²) in [5, 5.41) is 7.54. The Bertz CT molecular complexity index is 413. The molecule has 0 aliphatic carbocycles. The minimum atomic E-state index is 0.874. The van der Waals surface area contributed by atoms with Crippen LogP contribution in [0, 0.1) is 0 Å². The zero-order valence-corrected chi connectivity index (χ0v) is 7.51. The fourth-order valence-corrected chi connectivity index (χ4v) is 1.25. The summed E-state index contributed by atoms with van der Waals surface area (Å²) in [4.78, 5) is 0. The van der Waals surface area contributed by atoms with Crippen molar-refractivity contribution in [1.82, 2.24) is 10.2 Å². The van der Waals surface area contributed by atoms with Crippen LogP contribution in [0.2, 0.25) is 0 Å². The van der Waals surface area contributed by atoms with Crippen molar-refractivity contribution in [2.45, 2.75) is 0 Å². The lowest BCUT2D eigenvalue weighted by Gasteiger charge is -2.03. The molecular weight excluding hydrogens is 176 g/mol. The molecule has 0 saturated heterocycles. The lowest BCUT2D eigenvalue weighted by Crippen LogP contribution is -2.06. The van der Waals surface area contributed by atoms with Gasteiger partial charge in [0.1, 0.15) is 0 Å². The summed E-state index contributed by atoms with van der Waals surface area (Å²) in [6, 6.07) is 9.70. The predicted molar refractivity (Wildman–Crippen MR) is 55.3 cm³/mol. The Morgan fingerprint density at radius 2 is 2.00 bits per heavy atom. The van der Waals surface area contributed by atoms with Crippen LogP contribution < -0.4 is 11.3 Å². The van der Waals surface area contributed by atoms with Crippen molar-refractivity contribution in [3.05, 3.63) is 42.7 Å². The maximum Gasteiger partial charge on any atom is 0.0574 e. The lowest BCUT2D eigenvalue weighted by atomic mass is 10.1. The van der Waals surface area contributed by atoms with E-state index in [0.29, 0.717) is 0 Å². The molecule has 4 nitrogen and oxygen atoms in total. The molecule has 2 rings (SSSR count). The maximum absolute atomic E-state index is 5.32. The first-order valence-corrected chi connectivity index (χ1v) is 4.24. The summed E-state index contributed by atoms with van der Waals surface area (Å²) < 4.78 is 0. The molecule has 70 valence electrons. The Hall–Kier alpha value is -1.94. The van der Waals surface area contributed by atoms with Gasteiger partial charge in [0, 0.05) is 11.3 Å². The second kappa shape index (κ2) is 3.85. The molecular formula is C10H10N4. The minimum Gasteiger partial charge on any atom is -0.324 e. The Morgan fingerprint density at radius 3 is 2.71 bits per heavy atom. The summed E-state index contributed by atoms with van der Waals surface area (Å²) in [6.07, 6.45) is 3.38. The molecule has 0 aliphatic heterocycles. The highest BCUT2D eigenvalue weighted by Crippen LogP contribution is 2.20. The van der Waals surface area contributed by atoms with E-state index in [1.54, 1.807) is 12.4 Å². The molecule has 0 amide bonds. The normalized spacial score (nSPS) is 9.79. The molecule has 0 saturated carbocycles. The van der Waals surface area contributed by atoms with Crippen molar-refractivity contribution in [2.75, 3.05) is 5.43 Å². The van der Waals surface area contributed by atoms with E-state index in [4.69, 9.17) is 5.84 Å². The van der Waals surface area contributed by atoms with Crippen molar-refractivity contribution < 1.29 is 0 Å². The van der Waals surface area contributed by atoms with Crippen LogP contribution in [0.1, 0.15) is 0 Å². The van der Waals surface area contributed by atoms with Gasteiger partial charge in [0.2, 0.25) is 0 Å². The molecule has 0 aliphatic rings. The number of hydrogen-bond acceptors (Lipinski definition) is 4. The summed E-state index contributed by atoms with van der Waals surface area (Å²) in [7, 11) is 0. The number of nitrogen functional groups attached to an aromatic ring is 1. The number of aromatic nitrogens is 2. The Balaban J connectivity index is 2.42. The van der Waals surface area contributed by atoms with Gasteiger partial charge in [-0.1, -0.05) is 12.1 Å². The van der Waals surface area contributed by atoms with Crippen LogP contribution in [0.3, 0.4) is 0 Å². The summed E-state index contributed by atoms with van der Waals surface area (Å²) >= 11 is 0. The fraction of sp³-hybridized carbons (Fsp3) is 0. The SMILES string of the molecule is NNc1cccc(-c2ccnnc2)c1. The van der Waals surface area contributed by atoms with Crippen molar-refractivity contribution >= 4 is 5.69 Å². The molecule has 1 aromatic carbocycles. The molecule has 0 radical (unpaired) electrons. The highest BCUT2D eigenvalue weighted by atomic mass is 15.2. The topological polar surface area (TPSA) is 63.8 Å². The smallest absolute Gasteiger partial charge is 0.0574 e. The fourth-order valence-electron chi connectivity index (χ4n) is 1.25. The number of hydrogen-bond donors (Lipinski definition) is 2. The number of benzene rings is 1. The highest BCUT2D eigenvalue weighted by Gasteiger charge is 1.97. The third-order valence-electron chi connectivity index (χ3n) is 1.95. The van der Waals surface area contributed by atoms with Crippen LogP contribution in [0.15, 0.2) is 42.7 Å². The van der Waals surface area contributed by atoms with E-state index < -0.39 is 0 Å². The van der Waals surface area contributed by atoms with Gasteiger partial charge in [-0.3, -0.25) is 5.84 Å². The monoisotopic (exact) mass is 186 g/mol. The first-order chi connectivity index (χ1) is 6.90. The first kappa shape index (κ1) is 8.65. The van der Waals surface area contributed by atoms with Gasteiger partial charge in [0.15, 0.2) is 0 Å². The zero-order valence-electron chi connectivity index (χ0n) is 7.51. The third kappa shape index (κ3) is 1.70. The van der Waals surface area contributed by atoms with E-state index >= 15 is 0 Å². The van der Waals surface area contributed by atoms with Crippen molar-refractivity contribution in [3.8, 4) is 11.1 Å². The Labute approximate surface area is 81.8 Å². The van der Waals surface area contributed by atoms with E-state index in [1.165, 1.54) is 0 Å². The van der Waals surface area contributed by atoms with Gasteiger partial charge in [-0.15, -0.1) is 0 Å². The molecule has 0 unspecified atom stereocenters. The number of hydrazine groups is 1. The maximum atomic E-state index is 5.32. The molecule has 0 bridgehead atoms. The van der Waals surface area contributed by atoms with Gasteiger partial charge < -0.3 is 5.43 Å². The standard InChI is InChI=1S/C10H10N4/c11-14-10-3-1-2-8(6-10)9-4-5-12-13-7-9/h1-7,14H,11H2. The molecule has 14 heavy (non-hydrogen) atoms.